The molecule has 1 saturated carbocycles. The number of imidazole rings is 1. The third kappa shape index (κ3) is 3.56. The Morgan fingerprint density at radius 1 is 1.19 bits per heavy atom. The maximum absolute atomic E-state index is 12.4. The van der Waals surface area contributed by atoms with Gasteiger partial charge in [-0.15, -0.1) is 0 Å². The van der Waals surface area contributed by atoms with Crippen LogP contribution in [0.25, 0.3) is 11.0 Å². The summed E-state index contributed by atoms with van der Waals surface area (Å²) in [6.45, 7) is 8.08. The van der Waals surface area contributed by atoms with Gasteiger partial charge < -0.3 is 20.6 Å². The van der Waals surface area contributed by atoms with E-state index in [4.69, 9.17) is 0 Å². The summed E-state index contributed by atoms with van der Waals surface area (Å²) in [7, 11) is 0. The van der Waals surface area contributed by atoms with E-state index in [0.717, 1.165) is 0 Å². The van der Waals surface area contributed by atoms with Crippen molar-refractivity contribution in [2.45, 2.75) is 27.7 Å². The van der Waals surface area contributed by atoms with E-state index < -0.39 is 0 Å². The molecule has 1 heterocycles. The number of H-pyrrole nitrogens is 2. The van der Waals surface area contributed by atoms with Crippen molar-refractivity contribution in [2.75, 3.05) is 11.9 Å². The molecule has 1 aromatic heterocycles. The van der Waals surface area contributed by atoms with Crippen LogP contribution in [-0.2, 0) is 9.59 Å². The fraction of sp³-hybridized carbons (Fsp3) is 0.421. The zero-order valence-corrected chi connectivity index (χ0v) is 15.4. The molecule has 2 atom stereocenters. The van der Waals surface area contributed by atoms with Crippen LogP contribution < -0.4 is 16.3 Å². The predicted octanol–water partition coefficient (Wildman–Crippen LogP) is 2.15. The first-order valence-corrected chi connectivity index (χ1v) is 8.63. The topological polar surface area (TPSA) is 107 Å². The van der Waals surface area contributed by atoms with Crippen LogP contribution in [-0.4, -0.2) is 28.3 Å². The molecule has 0 radical (unpaired) electrons. The normalized spacial score (nSPS) is 20.5. The van der Waals surface area contributed by atoms with Crippen LogP contribution in [0.15, 0.2) is 34.6 Å². The monoisotopic (exact) mass is 356 g/mol. The summed E-state index contributed by atoms with van der Waals surface area (Å²) >= 11 is 0. The Kier molecular flexibility index (Phi) is 4.48. The van der Waals surface area contributed by atoms with Gasteiger partial charge in [-0.05, 0) is 43.4 Å². The predicted molar refractivity (Wildman–Crippen MR) is 101 cm³/mol. The Balaban J connectivity index is 1.56. The lowest BCUT2D eigenvalue weighted by Crippen LogP contribution is -2.34. The number of rotatable bonds is 5. The third-order valence-electron chi connectivity index (χ3n) is 4.93. The zero-order valence-electron chi connectivity index (χ0n) is 15.4. The SMILES string of the molecule is CC(C)=C[C@@H]1[C@H](C(=O)NCC(=O)Nc2ccc3[nH]c(=O)[nH]c3c2)C1(C)C. The largest absolute Gasteiger partial charge is 0.347 e. The first-order valence-electron chi connectivity index (χ1n) is 8.63. The molecule has 0 aliphatic heterocycles. The van der Waals surface area contributed by atoms with Gasteiger partial charge in [0, 0.05) is 5.69 Å². The molecule has 0 spiro atoms. The van der Waals surface area contributed by atoms with Gasteiger partial charge in [0.25, 0.3) is 0 Å². The fourth-order valence-electron chi connectivity index (χ4n) is 3.44. The van der Waals surface area contributed by atoms with Crippen LogP contribution in [0.3, 0.4) is 0 Å². The minimum absolute atomic E-state index is 0.0803. The van der Waals surface area contributed by atoms with Crippen molar-refractivity contribution in [1.82, 2.24) is 15.3 Å². The van der Waals surface area contributed by atoms with Crippen molar-refractivity contribution >= 4 is 28.5 Å². The molecule has 2 aromatic rings. The highest BCUT2D eigenvalue weighted by Gasteiger charge is 2.60. The highest BCUT2D eigenvalue weighted by molar-refractivity contribution is 5.96. The maximum Gasteiger partial charge on any atom is 0.323 e. The summed E-state index contributed by atoms with van der Waals surface area (Å²) in [5.74, 6) is -0.305. The van der Waals surface area contributed by atoms with Gasteiger partial charge in [-0.25, -0.2) is 4.79 Å². The number of benzene rings is 1. The van der Waals surface area contributed by atoms with Crippen molar-refractivity contribution in [3.63, 3.8) is 0 Å². The summed E-state index contributed by atoms with van der Waals surface area (Å²) in [5, 5.41) is 5.44. The number of hydrogen-bond donors (Lipinski definition) is 4. The number of amides is 2. The van der Waals surface area contributed by atoms with E-state index in [-0.39, 0.29) is 41.3 Å². The van der Waals surface area contributed by atoms with Crippen LogP contribution in [0, 0.1) is 17.3 Å². The number of hydrogen-bond acceptors (Lipinski definition) is 3. The highest BCUT2D eigenvalue weighted by Crippen LogP contribution is 2.59. The summed E-state index contributed by atoms with van der Waals surface area (Å²) in [5.41, 5.74) is 2.65. The van der Waals surface area contributed by atoms with E-state index in [1.54, 1.807) is 18.2 Å². The molecule has 3 rings (SSSR count). The lowest BCUT2D eigenvalue weighted by molar-refractivity contribution is -0.125. The van der Waals surface area contributed by atoms with Crippen LogP contribution in [0.2, 0.25) is 0 Å². The third-order valence-corrected chi connectivity index (χ3v) is 4.93. The maximum atomic E-state index is 12.4. The number of nitrogens with one attached hydrogen (secondary N) is 4. The Bertz CT molecular complexity index is 947. The summed E-state index contributed by atoms with van der Waals surface area (Å²) < 4.78 is 0. The second kappa shape index (κ2) is 6.48. The molecule has 138 valence electrons. The molecule has 7 nitrogen and oxygen atoms in total. The Morgan fingerprint density at radius 3 is 2.58 bits per heavy atom. The molecule has 26 heavy (non-hydrogen) atoms. The standard InChI is InChI=1S/C19H24N4O3/c1-10(2)7-12-16(19(12,3)4)17(25)20-9-15(24)21-11-5-6-13-14(8-11)23-18(26)22-13/h5-8,12,16H,9H2,1-4H3,(H,20,25)(H,21,24)(H2,22,23,26)/t12-,16-/m1/s1. The zero-order chi connectivity index (χ0) is 19.1. The van der Waals surface area contributed by atoms with Crippen molar-refractivity contribution in [1.29, 1.82) is 0 Å². The quantitative estimate of drug-likeness (QED) is 0.617. The van der Waals surface area contributed by atoms with E-state index in [2.05, 4.69) is 40.5 Å². The van der Waals surface area contributed by atoms with E-state index in [1.807, 2.05) is 13.8 Å². The molecule has 0 bridgehead atoms. The van der Waals surface area contributed by atoms with Gasteiger partial charge in [0.05, 0.1) is 23.5 Å². The first kappa shape index (κ1) is 18.0. The van der Waals surface area contributed by atoms with Crippen molar-refractivity contribution in [2.24, 2.45) is 17.3 Å². The molecule has 4 N–H and O–H groups in total. The molecule has 1 aromatic carbocycles. The van der Waals surface area contributed by atoms with E-state index in [1.165, 1.54) is 5.57 Å². The van der Waals surface area contributed by atoms with Crippen molar-refractivity contribution < 1.29 is 9.59 Å². The average Bonchev–Trinajstić information content (AvgIpc) is 2.87. The van der Waals surface area contributed by atoms with Gasteiger partial charge in [0.15, 0.2) is 0 Å². The molecule has 1 fully saturated rings. The minimum atomic E-state index is -0.312. The van der Waals surface area contributed by atoms with Gasteiger partial charge in [0.1, 0.15) is 0 Å². The van der Waals surface area contributed by atoms with Crippen molar-refractivity contribution in [3.05, 3.63) is 40.3 Å². The molecule has 0 unspecified atom stereocenters. The lowest BCUT2D eigenvalue weighted by atomic mass is 10.1. The summed E-state index contributed by atoms with van der Waals surface area (Å²) in [6, 6.07) is 5.07. The number of carbonyl (C=O) groups is 2. The number of anilines is 1. The smallest absolute Gasteiger partial charge is 0.323 e. The molecule has 7 heteroatoms. The fourth-order valence-corrected chi connectivity index (χ4v) is 3.44. The first-order chi connectivity index (χ1) is 12.2. The number of aromatic amines is 2. The van der Waals surface area contributed by atoms with Gasteiger partial charge in [-0.3, -0.25) is 9.59 Å². The van der Waals surface area contributed by atoms with E-state index >= 15 is 0 Å². The number of fused-ring (bicyclic) bond motifs is 1. The molecule has 0 saturated heterocycles. The van der Waals surface area contributed by atoms with Crippen LogP contribution in [0.1, 0.15) is 27.7 Å². The number of carbonyl (C=O) groups excluding carboxylic acids is 2. The number of allylic oxidation sites excluding steroid dienone is 2. The second-order valence-corrected chi connectivity index (χ2v) is 7.67. The molecule has 1 aliphatic rings. The minimum Gasteiger partial charge on any atom is -0.347 e. The van der Waals surface area contributed by atoms with Crippen LogP contribution >= 0.6 is 0 Å². The molecule has 2 amide bonds. The Labute approximate surface area is 151 Å². The van der Waals surface area contributed by atoms with Crippen molar-refractivity contribution in [3.8, 4) is 0 Å². The molecular weight excluding hydrogens is 332 g/mol. The number of aromatic nitrogens is 2. The lowest BCUT2D eigenvalue weighted by Gasteiger charge is -2.08. The van der Waals surface area contributed by atoms with E-state index in [0.29, 0.717) is 16.7 Å². The highest BCUT2D eigenvalue weighted by atomic mass is 16.2. The second-order valence-electron chi connectivity index (χ2n) is 7.67. The van der Waals surface area contributed by atoms with Gasteiger partial charge in [-0.1, -0.05) is 25.5 Å². The van der Waals surface area contributed by atoms with Crippen LogP contribution in [0.5, 0.6) is 0 Å². The summed E-state index contributed by atoms with van der Waals surface area (Å²) in [4.78, 5) is 41.0. The van der Waals surface area contributed by atoms with Gasteiger partial charge in [0.2, 0.25) is 11.8 Å². The Morgan fingerprint density at radius 2 is 1.88 bits per heavy atom. The van der Waals surface area contributed by atoms with E-state index in [9.17, 15) is 14.4 Å². The van der Waals surface area contributed by atoms with Gasteiger partial charge >= 0.3 is 5.69 Å². The van der Waals surface area contributed by atoms with Crippen LogP contribution in [0.4, 0.5) is 5.69 Å². The average molecular weight is 356 g/mol. The van der Waals surface area contributed by atoms with Gasteiger partial charge in [-0.2, -0.15) is 0 Å². The molecule has 1 aliphatic carbocycles. The summed E-state index contributed by atoms with van der Waals surface area (Å²) in [6.07, 6.45) is 2.12. The molecular formula is C19H24N4O3. The Hall–Kier alpha value is -2.83.